The molecule has 1 aliphatic rings. The third-order valence-electron chi connectivity index (χ3n) is 4.23. The van der Waals surface area contributed by atoms with Crippen LogP contribution in [0, 0.1) is 12.8 Å². The van der Waals surface area contributed by atoms with Crippen molar-refractivity contribution in [3.8, 4) is 0 Å². The normalized spacial score (nSPS) is 17.1. The average molecular weight is 274 g/mol. The number of likely N-dealkylation sites (tertiary alicyclic amines) is 1. The summed E-state index contributed by atoms with van der Waals surface area (Å²) >= 11 is 0. The van der Waals surface area contributed by atoms with E-state index >= 15 is 0 Å². The van der Waals surface area contributed by atoms with Gasteiger partial charge in [-0.05, 0) is 70.4 Å². The first-order valence-electron chi connectivity index (χ1n) is 7.65. The third kappa shape index (κ3) is 3.83. The molecule has 1 aliphatic heterocycles. The van der Waals surface area contributed by atoms with Crippen LogP contribution in [0.3, 0.4) is 0 Å². The summed E-state index contributed by atoms with van der Waals surface area (Å²) in [5.74, 6) is 0.824. The largest absolute Gasteiger partial charge is 0.313 e. The number of hydrogen-bond acceptors (Lipinski definition) is 2. The van der Waals surface area contributed by atoms with Crippen molar-refractivity contribution in [3.05, 3.63) is 29.8 Å². The van der Waals surface area contributed by atoms with Crippen molar-refractivity contribution in [2.45, 2.75) is 33.1 Å². The number of rotatable bonds is 4. The molecule has 0 bridgehead atoms. The van der Waals surface area contributed by atoms with Gasteiger partial charge >= 0.3 is 0 Å². The van der Waals surface area contributed by atoms with Crippen LogP contribution in [0.2, 0.25) is 0 Å². The van der Waals surface area contributed by atoms with Crippen LogP contribution in [0.1, 0.15) is 31.7 Å². The molecule has 0 aromatic heterocycles. The van der Waals surface area contributed by atoms with Crippen molar-refractivity contribution in [2.24, 2.45) is 5.92 Å². The lowest BCUT2D eigenvalue weighted by Crippen LogP contribution is -2.36. The summed E-state index contributed by atoms with van der Waals surface area (Å²) in [7, 11) is 2.16. The minimum Gasteiger partial charge on any atom is -0.313 e. The third-order valence-corrected chi connectivity index (χ3v) is 4.23. The van der Waals surface area contributed by atoms with E-state index in [9.17, 15) is 4.79 Å². The lowest BCUT2D eigenvalue weighted by atomic mass is 9.93. The lowest BCUT2D eigenvalue weighted by Gasteiger charge is -2.30. The molecule has 2 rings (SSSR count). The molecule has 20 heavy (non-hydrogen) atoms. The number of carbonyl (C=O) groups excluding carboxylic acids is 1. The molecule has 0 radical (unpaired) electrons. The summed E-state index contributed by atoms with van der Waals surface area (Å²) in [6.07, 6.45) is 2.98. The number of piperidine rings is 1. The Morgan fingerprint density at radius 2 is 2.05 bits per heavy atom. The molecule has 1 saturated heterocycles. The van der Waals surface area contributed by atoms with Gasteiger partial charge in [-0.2, -0.15) is 0 Å². The molecule has 0 aliphatic carbocycles. The summed E-state index contributed by atoms with van der Waals surface area (Å²) in [5.41, 5.74) is 2.23. The molecule has 0 unspecified atom stereocenters. The number of hydrogen-bond donors (Lipinski definition) is 0. The van der Waals surface area contributed by atoms with Crippen LogP contribution in [0.15, 0.2) is 24.3 Å². The summed E-state index contributed by atoms with van der Waals surface area (Å²) in [6, 6.07) is 8.22. The van der Waals surface area contributed by atoms with Gasteiger partial charge in [0.25, 0.3) is 0 Å². The van der Waals surface area contributed by atoms with Crippen molar-refractivity contribution in [1.29, 1.82) is 0 Å². The fraction of sp³-hybridized carbons (Fsp3) is 0.588. The maximum absolute atomic E-state index is 12.5. The molecule has 0 atom stereocenters. The predicted molar refractivity (Wildman–Crippen MR) is 84.0 cm³/mol. The van der Waals surface area contributed by atoms with Gasteiger partial charge in [-0.3, -0.25) is 4.79 Å². The molecule has 1 fully saturated rings. The Hall–Kier alpha value is -1.35. The van der Waals surface area contributed by atoms with Crippen LogP contribution >= 0.6 is 0 Å². The van der Waals surface area contributed by atoms with E-state index in [0.29, 0.717) is 12.3 Å². The van der Waals surface area contributed by atoms with Crippen molar-refractivity contribution in [1.82, 2.24) is 4.90 Å². The topological polar surface area (TPSA) is 23.6 Å². The van der Waals surface area contributed by atoms with Gasteiger partial charge in [-0.15, -0.1) is 0 Å². The second-order valence-electron chi connectivity index (χ2n) is 5.93. The predicted octanol–water partition coefficient (Wildman–Crippen LogP) is 3.08. The Balaban J connectivity index is 1.99. The molecule has 3 nitrogen and oxygen atoms in total. The molecule has 3 heteroatoms. The molecule has 1 heterocycles. The molecule has 0 saturated carbocycles. The molecule has 0 N–H and O–H groups in total. The quantitative estimate of drug-likeness (QED) is 0.842. The standard InChI is InChI=1S/C17H26N2O/c1-4-19(16-7-5-6-14(2)12-16)17(20)13-15-8-10-18(3)11-9-15/h5-7,12,15H,4,8-11,13H2,1-3H3. The molecule has 110 valence electrons. The highest BCUT2D eigenvalue weighted by Gasteiger charge is 2.22. The number of nitrogens with zero attached hydrogens (tertiary/aromatic N) is 2. The second-order valence-corrected chi connectivity index (χ2v) is 5.93. The monoisotopic (exact) mass is 274 g/mol. The van der Waals surface area contributed by atoms with Gasteiger partial charge in [0.1, 0.15) is 0 Å². The Bertz CT molecular complexity index is 450. The number of aryl methyl sites for hydroxylation is 1. The zero-order chi connectivity index (χ0) is 14.5. The minimum absolute atomic E-state index is 0.271. The number of amides is 1. The first-order chi connectivity index (χ1) is 9.60. The Morgan fingerprint density at radius 1 is 1.35 bits per heavy atom. The van der Waals surface area contributed by atoms with E-state index < -0.39 is 0 Å². The molecular formula is C17H26N2O. The average Bonchev–Trinajstić information content (AvgIpc) is 2.42. The van der Waals surface area contributed by atoms with Gasteiger partial charge in [0, 0.05) is 18.7 Å². The van der Waals surface area contributed by atoms with Crippen LogP contribution in [0.4, 0.5) is 5.69 Å². The van der Waals surface area contributed by atoms with Crippen molar-refractivity contribution in [2.75, 3.05) is 31.6 Å². The van der Waals surface area contributed by atoms with Gasteiger partial charge in [-0.25, -0.2) is 0 Å². The molecule has 1 aromatic carbocycles. The van der Waals surface area contributed by atoms with E-state index in [0.717, 1.165) is 38.2 Å². The number of carbonyl (C=O) groups is 1. The smallest absolute Gasteiger partial charge is 0.227 e. The van der Waals surface area contributed by atoms with E-state index in [1.807, 2.05) is 17.0 Å². The molecular weight excluding hydrogens is 248 g/mol. The van der Waals surface area contributed by atoms with Gasteiger partial charge in [0.2, 0.25) is 5.91 Å². The SMILES string of the molecule is CCN(C(=O)CC1CCN(C)CC1)c1cccc(C)c1. The Labute approximate surface area is 122 Å². The van der Waals surface area contributed by atoms with Crippen molar-refractivity contribution in [3.63, 3.8) is 0 Å². The fourth-order valence-electron chi connectivity index (χ4n) is 2.92. The van der Waals surface area contributed by atoms with E-state index in [2.05, 4.69) is 37.9 Å². The maximum Gasteiger partial charge on any atom is 0.227 e. The second kappa shape index (κ2) is 6.89. The first-order valence-corrected chi connectivity index (χ1v) is 7.65. The van der Waals surface area contributed by atoms with Gasteiger partial charge < -0.3 is 9.80 Å². The maximum atomic E-state index is 12.5. The van der Waals surface area contributed by atoms with Gasteiger partial charge in [-0.1, -0.05) is 12.1 Å². The van der Waals surface area contributed by atoms with Crippen LogP contribution in [-0.2, 0) is 4.79 Å². The fourth-order valence-corrected chi connectivity index (χ4v) is 2.92. The van der Waals surface area contributed by atoms with Crippen molar-refractivity contribution >= 4 is 11.6 Å². The summed E-state index contributed by atoms with van der Waals surface area (Å²) < 4.78 is 0. The zero-order valence-corrected chi connectivity index (χ0v) is 12.9. The van der Waals surface area contributed by atoms with E-state index in [1.165, 1.54) is 5.56 Å². The van der Waals surface area contributed by atoms with Crippen LogP contribution in [0.5, 0.6) is 0 Å². The number of anilines is 1. The highest BCUT2D eigenvalue weighted by atomic mass is 16.2. The molecule has 0 spiro atoms. The summed E-state index contributed by atoms with van der Waals surface area (Å²) in [6.45, 7) is 7.10. The van der Waals surface area contributed by atoms with E-state index in [4.69, 9.17) is 0 Å². The highest BCUT2D eigenvalue weighted by Crippen LogP contribution is 2.23. The lowest BCUT2D eigenvalue weighted by molar-refractivity contribution is -0.119. The van der Waals surface area contributed by atoms with Gasteiger partial charge in [0.15, 0.2) is 0 Å². The summed E-state index contributed by atoms with van der Waals surface area (Å²) in [5, 5.41) is 0. The first kappa shape index (κ1) is 15.0. The van der Waals surface area contributed by atoms with Crippen molar-refractivity contribution < 1.29 is 4.79 Å². The van der Waals surface area contributed by atoms with Crippen LogP contribution < -0.4 is 4.90 Å². The molecule has 1 amide bonds. The van der Waals surface area contributed by atoms with E-state index in [1.54, 1.807) is 0 Å². The van der Waals surface area contributed by atoms with Gasteiger partial charge in [0.05, 0.1) is 0 Å². The zero-order valence-electron chi connectivity index (χ0n) is 12.9. The Kier molecular flexibility index (Phi) is 5.18. The van der Waals surface area contributed by atoms with E-state index in [-0.39, 0.29) is 5.91 Å². The Morgan fingerprint density at radius 3 is 2.65 bits per heavy atom. The number of benzene rings is 1. The summed E-state index contributed by atoms with van der Waals surface area (Å²) in [4.78, 5) is 16.8. The minimum atomic E-state index is 0.271. The van der Waals surface area contributed by atoms with Crippen LogP contribution in [0.25, 0.3) is 0 Å². The van der Waals surface area contributed by atoms with Crippen LogP contribution in [-0.4, -0.2) is 37.5 Å². The highest BCUT2D eigenvalue weighted by molar-refractivity contribution is 5.93. The molecule has 1 aromatic rings.